The van der Waals surface area contributed by atoms with Gasteiger partial charge in [-0.15, -0.1) is 0 Å². The van der Waals surface area contributed by atoms with Gasteiger partial charge in [-0.25, -0.2) is 0 Å². The predicted octanol–water partition coefficient (Wildman–Crippen LogP) is 4.15. The lowest BCUT2D eigenvalue weighted by atomic mass is 9.70. The summed E-state index contributed by atoms with van der Waals surface area (Å²) < 4.78 is 0. The van der Waals surface area contributed by atoms with E-state index in [9.17, 15) is 10.2 Å². The van der Waals surface area contributed by atoms with Crippen LogP contribution in [0.3, 0.4) is 0 Å². The normalized spacial score (nSPS) is 25.9. The van der Waals surface area contributed by atoms with E-state index in [0.29, 0.717) is 22.3 Å². The molecule has 4 atom stereocenters. The molecular formula is C16H12N6O2. The van der Waals surface area contributed by atoms with Crippen LogP contribution < -0.4 is 0 Å². The van der Waals surface area contributed by atoms with E-state index in [4.69, 9.17) is 11.1 Å². The molecule has 0 radical (unpaired) electrons. The number of rotatable bonds is 2. The molecule has 2 aromatic carbocycles. The topological polar surface area (TPSA) is 138 Å². The maximum atomic E-state index is 10.7. The molecule has 0 heterocycles. The van der Waals surface area contributed by atoms with Crippen LogP contribution in [0.4, 0.5) is 0 Å². The molecule has 8 nitrogen and oxygen atoms in total. The number of aliphatic hydroxyl groups is 2. The SMILES string of the molecule is [N-]=[N+]=NC1c2cccc3c2-c2c(cccc2C(N=[N+]=[N-])C3O)C1O. The number of hydrogen-bond donors (Lipinski definition) is 2. The van der Waals surface area contributed by atoms with Gasteiger partial charge >= 0.3 is 0 Å². The highest BCUT2D eigenvalue weighted by atomic mass is 16.3. The van der Waals surface area contributed by atoms with Crippen LogP contribution in [0.15, 0.2) is 46.6 Å². The second-order valence-corrected chi connectivity index (χ2v) is 5.81. The molecule has 0 saturated heterocycles. The van der Waals surface area contributed by atoms with Gasteiger partial charge in [0.25, 0.3) is 0 Å². The quantitative estimate of drug-likeness (QED) is 0.487. The summed E-state index contributed by atoms with van der Waals surface area (Å²) in [5, 5.41) is 28.9. The molecule has 2 aliphatic carbocycles. The molecule has 0 fully saturated rings. The van der Waals surface area contributed by atoms with Crippen LogP contribution in [-0.4, -0.2) is 10.2 Å². The number of benzene rings is 2. The zero-order chi connectivity index (χ0) is 16.8. The largest absolute Gasteiger partial charge is 0.388 e. The Hall–Kier alpha value is -3.02. The minimum Gasteiger partial charge on any atom is -0.388 e. The lowest BCUT2D eigenvalue weighted by Gasteiger charge is -2.38. The molecule has 0 spiro atoms. The van der Waals surface area contributed by atoms with E-state index in [1.165, 1.54) is 0 Å². The van der Waals surface area contributed by atoms with Crippen LogP contribution in [0, 0.1) is 0 Å². The van der Waals surface area contributed by atoms with Gasteiger partial charge < -0.3 is 10.2 Å². The molecule has 2 aromatic rings. The van der Waals surface area contributed by atoms with E-state index < -0.39 is 24.3 Å². The van der Waals surface area contributed by atoms with Crippen molar-refractivity contribution in [3.05, 3.63) is 79.5 Å². The van der Waals surface area contributed by atoms with Gasteiger partial charge in [0.05, 0.1) is 24.3 Å². The molecule has 4 unspecified atom stereocenters. The summed E-state index contributed by atoms with van der Waals surface area (Å²) in [5.41, 5.74) is 21.8. The molecule has 24 heavy (non-hydrogen) atoms. The van der Waals surface area contributed by atoms with E-state index in [1.807, 2.05) is 0 Å². The van der Waals surface area contributed by atoms with Crippen LogP contribution in [0.1, 0.15) is 46.5 Å². The first kappa shape index (κ1) is 14.6. The van der Waals surface area contributed by atoms with Crippen molar-refractivity contribution in [1.29, 1.82) is 0 Å². The molecule has 2 aliphatic rings. The Morgan fingerprint density at radius 3 is 1.46 bits per heavy atom. The fraction of sp³-hybridized carbons (Fsp3) is 0.250. The summed E-state index contributed by atoms with van der Waals surface area (Å²) in [6.07, 6.45) is -2.00. The first-order chi connectivity index (χ1) is 11.7. The standard InChI is InChI=1S/C16H12N6O2/c17-21-19-13-7-3-1-5-9-11(7)12-8(14(15(9)23)20-22-18)4-2-6-10(12)16(13)24/h1-6,13-16,23-24H. The molecule has 0 aliphatic heterocycles. The van der Waals surface area contributed by atoms with Crippen molar-refractivity contribution in [2.45, 2.75) is 24.3 Å². The fourth-order valence-electron chi connectivity index (χ4n) is 3.78. The molecule has 0 aromatic heterocycles. The summed E-state index contributed by atoms with van der Waals surface area (Å²) in [4.78, 5) is 5.70. The Labute approximate surface area is 136 Å². The summed E-state index contributed by atoms with van der Waals surface area (Å²) in [6.45, 7) is 0. The average molecular weight is 320 g/mol. The van der Waals surface area contributed by atoms with E-state index in [-0.39, 0.29) is 0 Å². The highest BCUT2D eigenvalue weighted by Gasteiger charge is 2.41. The Morgan fingerprint density at radius 1 is 0.708 bits per heavy atom. The molecule has 0 bridgehead atoms. The van der Waals surface area contributed by atoms with Crippen LogP contribution in [0.2, 0.25) is 0 Å². The van der Waals surface area contributed by atoms with Crippen LogP contribution >= 0.6 is 0 Å². The Kier molecular flexibility index (Phi) is 3.19. The van der Waals surface area contributed by atoms with Crippen LogP contribution in [-0.2, 0) is 0 Å². The Balaban J connectivity index is 2.12. The first-order valence-electron chi connectivity index (χ1n) is 7.39. The van der Waals surface area contributed by atoms with Gasteiger partial charge in [0.2, 0.25) is 0 Å². The monoisotopic (exact) mass is 320 g/mol. The second kappa shape index (κ2) is 5.26. The molecule has 2 N–H and O–H groups in total. The zero-order valence-corrected chi connectivity index (χ0v) is 12.4. The average Bonchev–Trinajstić information content (AvgIpc) is 2.61. The smallest absolute Gasteiger partial charge is 0.0933 e. The zero-order valence-electron chi connectivity index (χ0n) is 12.4. The van der Waals surface area contributed by atoms with Gasteiger partial charge in [0, 0.05) is 9.82 Å². The number of hydrogen-bond acceptors (Lipinski definition) is 4. The van der Waals surface area contributed by atoms with Crippen molar-refractivity contribution in [2.75, 3.05) is 0 Å². The van der Waals surface area contributed by atoms with Crippen LogP contribution in [0.5, 0.6) is 0 Å². The van der Waals surface area contributed by atoms with Gasteiger partial charge in [-0.3, -0.25) is 0 Å². The summed E-state index contributed by atoms with van der Waals surface area (Å²) in [5.74, 6) is 0. The van der Waals surface area contributed by atoms with Crippen LogP contribution in [0.25, 0.3) is 32.0 Å². The summed E-state index contributed by atoms with van der Waals surface area (Å²) in [7, 11) is 0. The molecule has 0 saturated carbocycles. The van der Waals surface area contributed by atoms with E-state index >= 15 is 0 Å². The lowest BCUT2D eigenvalue weighted by molar-refractivity contribution is 0.135. The number of azide groups is 2. The maximum absolute atomic E-state index is 10.7. The third-order valence-corrected chi connectivity index (χ3v) is 4.73. The predicted molar refractivity (Wildman–Crippen MR) is 85.6 cm³/mol. The molecule has 8 heteroatoms. The molecule has 4 rings (SSSR count). The van der Waals surface area contributed by atoms with Gasteiger partial charge in [0.1, 0.15) is 0 Å². The van der Waals surface area contributed by atoms with Crippen molar-refractivity contribution in [2.24, 2.45) is 10.2 Å². The Morgan fingerprint density at radius 2 is 1.08 bits per heavy atom. The minimum atomic E-state index is -0.999. The Bertz CT molecular complexity index is 868. The molecular weight excluding hydrogens is 308 g/mol. The van der Waals surface area contributed by atoms with Crippen molar-refractivity contribution >= 4 is 0 Å². The lowest BCUT2D eigenvalue weighted by Crippen LogP contribution is -2.24. The van der Waals surface area contributed by atoms with Crippen molar-refractivity contribution in [1.82, 2.24) is 0 Å². The highest BCUT2D eigenvalue weighted by Crippen LogP contribution is 2.56. The van der Waals surface area contributed by atoms with Gasteiger partial charge in [0.15, 0.2) is 0 Å². The highest BCUT2D eigenvalue weighted by molar-refractivity contribution is 5.83. The van der Waals surface area contributed by atoms with Gasteiger partial charge in [-0.1, -0.05) is 46.6 Å². The summed E-state index contributed by atoms with van der Waals surface area (Å²) >= 11 is 0. The van der Waals surface area contributed by atoms with Gasteiger partial charge in [-0.05, 0) is 44.4 Å². The number of nitrogens with zero attached hydrogens (tertiary/aromatic N) is 6. The summed E-state index contributed by atoms with van der Waals surface area (Å²) in [6, 6.07) is 9.00. The van der Waals surface area contributed by atoms with Crippen molar-refractivity contribution in [3.63, 3.8) is 0 Å². The third-order valence-electron chi connectivity index (χ3n) is 4.73. The molecule has 0 amide bonds. The minimum absolute atomic E-state index is 0.606. The maximum Gasteiger partial charge on any atom is 0.0933 e. The molecule has 118 valence electrons. The van der Waals surface area contributed by atoms with Crippen molar-refractivity contribution < 1.29 is 10.2 Å². The van der Waals surface area contributed by atoms with Gasteiger partial charge in [-0.2, -0.15) is 0 Å². The second-order valence-electron chi connectivity index (χ2n) is 5.81. The first-order valence-corrected chi connectivity index (χ1v) is 7.39. The van der Waals surface area contributed by atoms with E-state index in [0.717, 1.165) is 11.1 Å². The van der Waals surface area contributed by atoms with E-state index in [2.05, 4.69) is 20.1 Å². The van der Waals surface area contributed by atoms with E-state index in [1.54, 1.807) is 36.4 Å². The van der Waals surface area contributed by atoms with Crippen molar-refractivity contribution in [3.8, 4) is 11.1 Å². The number of aliphatic hydroxyl groups excluding tert-OH is 2. The fourth-order valence-corrected chi connectivity index (χ4v) is 3.78. The third kappa shape index (κ3) is 1.76.